The Morgan fingerprint density at radius 1 is 1.00 bits per heavy atom. The number of nitrogens with one attached hydrogen (secondary N) is 2. The van der Waals surface area contributed by atoms with E-state index in [1.165, 1.54) is 6.07 Å². The van der Waals surface area contributed by atoms with E-state index in [0.717, 1.165) is 17.0 Å². The van der Waals surface area contributed by atoms with Crippen LogP contribution in [-0.4, -0.2) is 33.8 Å². The van der Waals surface area contributed by atoms with Gasteiger partial charge in [0.05, 0.1) is 10.6 Å². The van der Waals surface area contributed by atoms with E-state index in [4.69, 9.17) is 4.74 Å². The van der Waals surface area contributed by atoms with Crippen molar-refractivity contribution in [3.05, 3.63) is 77.6 Å². The van der Waals surface area contributed by atoms with Gasteiger partial charge in [0.1, 0.15) is 23.7 Å². The largest absolute Gasteiger partial charge is 0.439 e. The molecule has 2 N–H and O–H groups in total. The number of hydrogen-bond donors (Lipinski definition) is 2. The number of amides is 1. The van der Waals surface area contributed by atoms with E-state index >= 15 is 0 Å². The van der Waals surface area contributed by atoms with Crippen molar-refractivity contribution in [3.63, 3.8) is 0 Å². The lowest BCUT2D eigenvalue weighted by atomic mass is 10.0. The van der Waals surface area contributed by atoms with Crippen LogP contribution in [0.4, 0.5) is 11.4 Å². The van der Waals surface area contributed by atoms with Crippen molar-refractivity contribution in [2.75, 3.05) is 10.0 Å². The van der Waals surface area contributed by atoms with E-state index < -0.39 is 10.0 Å². The van der Waals surface area contributed by atoms with Gasteiger partial charge in [-0.1, -0.05) is 0 Å². The van der Waals surface area contributed by atoms with Gasteiger partial charge in [0, 0.05) is 29.6 Å². The minimum absolute atomic E-state index is 0.0705. The van der Waals surface area contributed by atoms with Gasteiger partial charge in [-0.3, -0.25) is 14.1 Å². The summed E-state index contributed by atoms with van der Waals surface area (Å²) in [4.78, 5) is 24.8. The van der Waals surface area contributed by atoms with Gasteiger partial charge in [-0.25, -0.2) is 18.4 Å². The zero-order valence-corrected chi connectivity index (χ0v) is 20.8. The number of imidazole rings is 1. The van der Waals surface area contributed by atoms with Crippen LogP contribution in [0.15, 0.2) is 59.8 Å². The van der Waals surface area contributed by atoms with Crippen molar-refractivity contribution in [2.24, 2.45) is 0 Å². The average molecular weight is 505 g/mol. The fourth-order valence-electron chi connectivity index (χ4n) is 3.88. The normalized spacial score (nSPS) is 13.1. The molecule has 2 aromatic carbocycles. The molecule has 1 aliphatic heterocycles. The first kappa shape index (κ1) is 23.5. The molecule has 184 valence electrons. The van der Waals surface area contributed by atoms with Crippen LogP contribution < -0.4 is 14.8 Å². The molecule has 2 aromatic heterocycles. The van der Waals surface area contributed by atoms with Gasteiger partial charge in [0.2, 0.25) is 11.8 Å². The van der Waals surface area contributed by atoms with Crippen LogP contribution in [-0.2, 0) is 21.2 Å². The number of aryl methyl sites for hydroxylation is 3. The Hall–Kier alpha value is -4.25. The third-order valence-electron chi connectivity index (χ3n) is 5.91. The Bertz CT molecular complexity index is 1580. The molecule has 0 atom stereocenters. The lowest BCUT2D eigenvalue weighted by Crippen LogP contribution is -2.20. The topological polar surface area (TPSA) is 128 Å². The van der Waals surface area contributed by atoms with E-state index in [9.17, 15) is 13.2 Å². The van der Waals surface area contributed by atoms with Gasteiger partial charge in [-0.15, -0.1) is 0 Å². The summed E-state index contributed by atoms with van der Waals surface area (Å²) < 4.78 is 36.2. The average Bonchev–Trinajstić information content (AvgIpc) is 3.17. The SMILES string of the molecule is Cc1nc(Oc2ccc(NS(=O)(=O)c3ccc4c(c3)CCC(=O)N4)cc2)cc(-n2cnc(C)c2C)n1. The summed E-state index contributed by atoms with van der Waals surface area (Å²) in [7, 11) is -3.81. The van der Waals surface area contributed by atoms with Crippen LogP contribution in [0.5, 0.6) is 11.6 Å². The van der Waals surface area contributed by atoms with Crippen molar-refractivity contribution in [2.45, 2.75) is 38.5 Å². The molecule has 10 nitrogen and oxygen atoms in total. The molecule has 4 aromatic rings. The fourth-order valence-corrected chi connectivity index (χ4v) is 4.99. The number of sulfonamides is 1. The third kappa shape index (κ3) is 4.78. The highest BCUT2D eigenvalue weighted by Crippen LogP contribution is 2.28. The Kier molecular flexibility index (Phi) is 5.92. The summed E-state index contributed by atoms with van der Waals surface area (Å²) in [6, 6.07) is 12.9. The van der Waals surface area contributed by atoms with Gasteiger partial charge in [0.15, 0.2) is 0 Å². The van der Waals surface area contributed by atoms with E-state index in [1.807, 2.05) is 18.4 Å². The zero-order valence-electron chi connectivity index (χ0n) is 19.9. The molecule has 36 heavy (non-hydrogen) atoms. The molecule has 3 heterocycles. The minimum Gasteiger partial charge on any atom is -0.439 e. The van der Waals surface area contributed by atoms with E-state index in [-0.39, 0.29) is 10.8 Å². The monoisotopic (exact) mass is 504 g/mol. The lowest BCUT2D eigenvalue weighted by Gasteiger charge is -2.18. The van der Waals surface area contributed by atoms with Gasteiger partial charge in [-0.2, -0.15) is 4.98 Å². The third-order valence-corrected chi connectivity index (χ3v) is 7.29. The quantitative estimate of drug-likeness (QED) is 0.405. The smallest absolute Gasteiger partial charge is 0.261 e. The molecule has 11 heteroatoms. The molecule has 0 saturated heterocycles. The first-order valence-electron chi connectivity index (χ1n) is 11.3. The Morgan fingerprint density at radius 2 is 1.78 bits per heavy atom. The minimum atomic E-state index is -3.81. The van der Waals surface area contributed by atoms with Crippen LogP contribution in [0.2, 0.25) is 0 Å². The maximum absolute atomic E-state index is 12.9. The molecular formula is C25H24N6O4S. The number of benzene rings is 2. The number of carbonyl (C=O) groups excluding carboxylic acids is 1. The molecule has 0 radical (unpaired) electrons. The Labute approximate surface area is 208 Å². The summed E-state index contributed by atoms with van der Waals surface area (Å²) in [5, 5.41) is 2.75. The summed E-state index contributed by atoms with van der Waals surface area (Å²) in [6.07, 6.45) is 2.54. The molecule has 0 bridgehead atoms. The second-order valence-electron chi connectivity index (χ2n) is 8.50. The van der Waals surface area contributed by atoms with Crippen molar-refractivity contribution in [1.29, 1.82) is 0 Å². The summed E-state index contributed by atoms with van der Waals surface area (Å²) in [5.74, 6) is 1.97. The molecule has 1 aliphatic rings. The molecular weight excluding hydrogens is 480 g/mol. The highest BCUT2D eigenvalue weighted by molar-refractivity contribution is 7.92. The predicted molar refractivity (Wildman–Crippen MR) is 134 cm³/mol. The van der Waals surface area contributed by atoms with Crippen molar-refractivity contribution in [3.8, 4) is 17.4 Å². The zero-order chi connectivity index (χ0) is 25.4. The molecule has 0 aliphatic carbocycles. The summed E-state index contributed by atoms with van der Waals surface area (Å²) in [5.41, 5.74) is 3.71. The van der Waals surface area contributed by atoms with E-state index in [2.05, 4.69) is 25.0 Å². The Balaban J connectivity index is 1.31. The Morgan fingerprint density at radius 3 is 2.50 bits per heavy atom. The lowest BCUT2D eigenvalue weighted by molar-refractivity contribution is -0.116. The van der Waals surface area contributed by atoms with E-state index in [0.29, 0.717) is 47.5 Å². The number of carbonyl (C=O) groups is 1. The molecule has 0 fully saturated rings. The van der Waals surface area contributed by atoms with Gasteiger partial charge >= 0.3 is 0 Å². The number of anilines is 2. The summed E-state index contributed by atoms with van der Waals surface area (Å²) in [6.45, 7) is 5.67. The van der Waals surface area contributed by atoms with E-state index in [1.54, 1.807) is 55.7 Å². The van der Waals surface area contributed by atoms with Crippen molar-refractivity contribution >= 4 is 27.3 Å². The van der Waals surface area contributed by atoms with Gasteiger partial charge in [-0.05, 0) is 75.2 Å². The van der Waals surface area contributed by atoms with Crippen LogP contribution in [0.3, 0.4) is 0 Å². The maximum atomic E-state index is 12.9. The van der Waals surface area contributed by atoms with Crippen LogP contribution in [0.1, 0.15) is 29.2 Å². The number of nitrogens with zero attached hydrogens (tertiary/aromatic N) is 4. The number of ether oxygens (including phenoxy) is 1. The molecule has 5 rings (SSSR count). The number of hydrogen-bond acceptors (Lipinski definition) is 7. The molecule has 1 amide bonds. The summed E-state index contributed by atoms with van der Waals surface area (Å²) >= 11 is 0. The highest BCUT2D eigenvalue weighted by atomic mass is 32.2. The first-order valence-corrected chi connectivity index (χ1v) is 12.8. The van der Waals surface area contributed by atoms with Gasteiger partial charge < -0.3 is 10.1 Å². The van der Waals surface area contributed by atoms with Crippen LogP contribution in [0.25, 0.3) is 5.82 Å². The number of fused-ring (bicyclic) bond motifs is 1. The predicted octanol–water partition coefficient (Wildman–Crippen LogP) is 4.07. The van der Waals surface area contributed by atoms with Crippen LogP contribution in [0, 0.1) is 20.8 Å². The second kappa shape index (κ2) is 9.08. The molecule has 0 saturated carbocycles. The first-order chi connectivity index (χ1) is 17.2. The van der Waals surface area contributed by atoms with Crippen molar-refractivity contribution in [1.82, 2.24) is 19.5 Å². The second-order valence-corrected chi connectivity index (χ2v) is 10.2. The maximum Gasteiger partial charge on any atom is 0.261 e. The molecule has 0 spiro atoms. The number of rotatable bonds is 6. The fraction of sp³-hybridized carbons (Fsp3) is 0.200. The standard InChI is InChI=1S/C25H24N6O4S/c1-15-16(2)31(14-26-15)23-13-25(28-17(3)27-23)35-20-7-5-19(6-8-20)30-36(33,34)21-9-10-22-18(12-21)4-11-24(32)29-22/h5-10,12-14,30H,4,11H2,1-3H3,(H,29,32). The van der Waals surface area contributed by atoms with Gasteiger partial charge in [0.25, 0.3) is 10.0 Å². The number of aromatic nitrogens is 4. The van der Waals surface area contributed by atoms with Crippen molar-refractivity contribution < 1.29 is 17.9 Å². The highest BCUT2D eigenvalue weighted by Gasteiger charge is 2.20. The van der Waals surface area contributed by atoms with Crippen LogP contribution >= 0.6 is 0 Å². The molecule has 0 unspecified atom stereocenters.